The van der Waals surface area contributed by atoms with E-state index in [1.54, 1.807) is 13.3 Å². The monoisotopic (exact) mass is 258 g/mol. The van der Waals surface area contributed by atoms with E-state index in [0.717, 1.165) is 17.0 Å². The van der Waals surface area contributed by atoms with Crippen molar-refractivity contribution >= 4 is 0 Å². The van der Waals surface area contributed by atoms with Gasteiger partial charge in [-0.1, -0.05) is 12.1 Å². The number of ether oxygens (including phenoxy) is 2. The molecule has 0 aliphatic carbocycles. The summed E-state index contributed by atoms with van der Waals surface area (Å²) in [6.45, 7) is 2.61. The topological polar surface area (TPSA) is 57.4 Å². The second-order valence-corrected chi connectivity index (χ2v) is 4.07. The lowest BCUT2D eigenvalue weighted by Crippen LogP contribution is -2.14. The van der Waals surface area contributed by atoms with Gasteiger partial charge in [0.1, 0.15) is 17.2 Å². The summed E-state index contributed by atoms with van der Waals surface area (Å²) >= 11 is 0. The average molecular weight is 258 g/mol. The standard InChI is InChI=1S/C15H18N2O2/c1-3-19-12-8-6-11(7-9-12)14(16)15-13(18-2)5-4-10-17-15/h4-10,14H,3,16H2,1-2H3. The van der Waals surface area contributed by atoms with Crippen molar-refractivity contribution in [1.82, 2.24) is 4.98 Å². The zero-order valence-electron chi connectivity index (χ0n) is 11.2. The van der Waals surface area contributed by atoms with Gasteiger partial charge in [-0.3, -0.25) is 4.98 Å². The van der Waals surface area contributed by atoms with Crippen LogP contribution >= 0.6 is 0 Å². The summed E-state index contributed by atoms with van der Waals surface area (Å²) in [5, 5.41) is 0. The third kappa shape index (κ3) is 3.03. The number of hydrogen-bond acceptors (Lipinski definition) is 4. The summed E-state index contributed by atoms with van der Waals surface area (Å²) in [7, 11) is 1.62. The first-order valence-corrected chi connectivity index (χ1v) is 6.23. The Morgan fingerprint density at radius 1 is 1.21 bits per heavy atom. The van der Waals surface area contributed by atoms with Crippen LogP contribution in [0.15, 0.2) is 42.6 Å². The van der Waals surface area contributed by atoms with Crippen LogP contribution in [-0.2, 0) is 0 Å². The summed E-state index contributed by atoms with van der Waals surface area (Å²) in [6.07, 6.45) is 1.71. The summed E-state index contributed by atoms with van der Waals surface area (Å²) in [5.74, 6) is 1.54. The highest BCUT2D eigenvalue weighted by molar-refractivity contribution is 5.38. The van der Waals surface area contributed by atoms with E-state index in [0.29, 0.717) is 12.4 Å². The van der Waals surface area contributed by atoms with Crippen LogP contribution in [0.4, 0.5) is 0 Å². The molecule has 19 heavy (non-hydrogen) atoms. The summed E-state index contributed by atoms with van der Waals surface area (Å²) in [4.78, 5) is 4.30. The molecular formula is C15H18N2O2. The number of pyridine rings is 1. The molecule has 1 aromatic carbocycles. The highest BCUT2D eigenvalue weighted by Crippen LogP contribution is 2.26. The normalized spacial score (nSPS) is 11.9. The van der Waals surface area contributed by atoms with Crippen molar-refractivity contribution in [3.63, 3.8) is 0 Å². The lowest BCUT2D eigenvalue weighted by molar-refractivity contribution is 0.340. The van der Waals surface area contributed by atoms with Crippen LogP contribution < -0.4 is 15.2 Å². The van der Waals surface area contributed by atoms with E-state index in [2.05, 4.69) is 4.98 Å². The largest absolute Gasteiger partial charge is 0.495 e. The molecule has 2 N–H and O–H groups in total. The maximum Gasteiger partial charge on any atom is 0.142 e. The van der Waals surface area contributed by atoms with Gasteiger partial charge in [-0.15, -0.1) is 0 Å². The van der Waals surface area contributed by atoms with Gasteiger partial charge in [-0.05, 0) is 36.8 Å². The van der Waals surface area contributed by atoms with E-state index >= 15 is 0 Å². The molecule has 4 heteroatoms. The van der Waals surface area contributed by atoms with Crippen molar-refractivity contribution in [3.8, 4) is 11.5 Å². The van der Waals surface area contributed by atoms with Gasteiger partial charge in [0.2, 0.25) is 0 Å². The van der Waals surface area contributed by atoms with E-state index in [1.165, 1.54) is 0 Å². The van der Waals surface area contributed by atoms with Crippen LogP contribution in [0.5, 0.6) is 11.5 Å². The van der Waals surface area contributed by atoms with Crippen molar-refractivity contribution < 1.29 is 9.47 Å². The second kappa shape index (κ2) is 6.20. The molecule has 0 aliphatic heterocycles. The van der Waals surface area contributed by atoms with Crippen molar-refractivity contribution in [2.45, 2.75) is 13.0 Å². The van der Waals surface area contributed by atoms with E-state index in [9.17, 15) is 0 Å². The van der Waals surface area contributed by atoms with Crippen molar-refractivity contribution in [2.24, 2.45) is 5.73 Å². The molecule has 0 fully saturated rings. The van der Waals surface area contributed by atoms with E-state index in [4.69, 9.17) is 15.2 Å². The molecule has 1 atom stereocenters. The van der Waals surface area contributed by atoms with E-state index in [-0.39, 0.29) is 6.04 Å². The van der Waals surface area contributed by atoms with Crippen LogP contribution in [0, 0.1) is 0 Å². The van der Waals surface area contributed by atoms with Gasteiger partial charge in [0.05, 0.1) is 19.8 Å². The molecule has 0 spiro atoms. The maximum atomic E-state index is 6.23. The molecule has 0 amide bonds. The molecule has 2 aromatic rings. The van der Waals surface area contributed by atoms with Crippen molar-refractivity contribution in [1.29, 1.82) is 0 Å². The minimum absolute atomic E-state index is 0.313. The van der Waals surface area contributed by atoms with Gasteiger partial charge in [0.15, 0.2) is 0 Å². The first kappa shape index (κ1) is 13.4. The predicted molar refractivity (Wildman–Crippen MR) is 74.4 cm³/mol. The number of aromatic nitrogens is 1. The molecule has 1 aromatic heterocycles. The van der Waals surface area contributed by atoms with Gasteiger partial charge < -0.3 is 15.2 Å². The minimum atomic E-state index is -0.313. The smallest absolute Gasteiger partial charge is 0.142 e. The van der Waals surface area contributed by atoms with Gasteiger partial charge in [0, 0.05) is 6.20 Å². The lowest BCUT2D eigenvalue weighted by Gasteiger charge is -2.15. The van der Waals surface area contributed by atoms with Gasteiger partial charge >= 0.3 is 0 Å². The Balaban J connectivity index is 2.25. The number of nitrogens with zero attached hydrogens (tertiary/aromatic N) is 1. The number of hydrogen-bond donors (Lipinski definition) is 1. The first-order valence-electron chi connectivity index (χ1n) is 6.23. The van der Waals surface area contributed by atoms with Gasteiger partial charge in [0.25, 0.3) is 0 Å². The van der Waals surface area contributed by atoms with E-state index in [1.807, 2.05) is 43.3 Å². The fourth-order valence-corrected chi connectivity index (χ4v) is 1.90. The first-order chi connectivity index (χ1) is 9.26. The Kier molecular flexibility index (Phi) is 4.36. The molecule has 0 saturated heterocycles. The Morgan fingerprint density at radius 3 is 2.58 bits per heavy atom. The molecule has 0 saturated carbocycles. The van der Waals surface area contributed by atoms with E-state index < -0.39 is 0 Å². The average Bonchev–Trinajstić information content (AvgIpc) is 2.47. The number of rotatable bonds is 5. The van der Waals surface area contributed by atoms with Gasteiger partial charge in [-0.2, -0.15) is 0 Å². The summed E-state index contributed by atoms with van der Waals surface area (Å²) < 4.78 is 10.7. The Labute approximate surface area is 113 Å². The SMILES string of the molecule is CCOc1ccc(C(N)c2ncccc2OC)cc1. The zero-order chi connectivity index (χ0) is 13.7. The number of benzene rings is 1. The molecule has 4 nitrogen and oxygen atoms in total. The number of methoxy groups -OCH3 is 1. The lowest BCUT2D eigenvalue weighted by atomic mass is 10.0. The third-order valence-electron chi connectivity index (χ3n) is 2.86. The van der Waals surface area contributed by atoms with Gasteiger partial charge in [-0.25, -0.2) is 0 Å². The van der Waals surface area contributed by atoms with Crippen LogP contribution in [0.3, 0.4) is 0 Å². The Bertz CT molecular complexity index is 526. The molecule has 1 heterocycles. The second-order valence-electron chi connectivity index (χ2n) is 4.07. The molecule has 0 radical (unpaired) electrons. The highest BCUT2D eigenvalue weighted by atomic mass is 16.5. The fraction of sp³-hybridized carbons (Fsp3) is 0.267. The fourth-order valence-electron chi connectivity index (χ4n) is 1.90. The van der Waals surface area contributed by atoms with Crippen LogP contribution in [0.2, 0.25) is 0 Å². The molecule has 2 rings (SSSR count). The quantitative estimate of drug-likeness (QED) is 0.895. The zero-order valence-corrected chi connectivity index (χ0v) is 11.2. The Hall–Kier alpha value is -2.07. The maximum absolute atomic E-state index is 6.23. The minimum Gasteiger partial charge on any atom is -0.495 e. The van der Waals surface area contributed by atoms with Crippen LogP contribution in [0.1, 0.15) is 24.2 Å². The molecular weight excluding hydrogens is 240 g/mol. The summed E-state index contributed by atoms with van der Waals surface area (Å²) in [6, 6.07) is 11.1. The van der Waals surface area contributed by atoms with Crippen molar-refractivity contribution in [3.05, 3.63) is 53.9 Å². The number of nitrogens with two attached hydrogens (primary N) is 1. The Morgan fingerprint density at radius 2 is 1.95 bits per heavy atom. The highest BCUT2D eigenvalue weighted by Gasteiger charge is 2.15. The predicted octanol–water partition coefficient (Wildman–Crippen LogP) is 2.54. The molecule has 0 aliphatic rings. The van der Waals surface area contributed by atoms with Crippen LogP contribution in [0.25, 0.3) is 0 Å². The third-order valence-corrected chi connectivity index (χ3v) is 2.86. The summed E-state index contributed by atoms with van der Waals surface area (Å²) in [5.41, 5.74) is 7.94. The molecule has 100 valence electrons. The molecule has 1 unspecified atom stereocenters. The van der Waals surface area contributed by atoms with Crippen LogP contribution in [-0.4, -0.2) is 18.7 Å². The molecule has 0 bridgehead atoms. The van der Waals surface area contributed by atoms with Crippen molar-refractivity contribution in [2.75, 3.05) is 13.7 Å².